The van der Waals surface area contributed by atoms with Gasteiger partial charge in [-0.15, -0.1) is 0 Å². The molecule has 1 saturated heterocycles. The lowest BCUT2D eigenvalue weighted by Gasteiger charge is -2.25. The first-order valence-corrected chi connectivity index (χ1v) is 9.12. The lowest BCUT2D eigenvalue weighted by atomic mass is 10.0. The predicted molar refractivity (Wildman–Crippen MR) is 106 cm³/mol. The monoisotopic (exact) mass is 331 g/mol. The third-order valence-corrected chi connectivity index (χ3v) is 5.16. The molecule has 1 aliphatic rings. The first kappa shape index (κ1) is 15.9. The molecule has 1 aliphatic heterocycles. The molecule has 25 heavy (non-hydrogen) atoms. The topological polar surface area (TPSA) is 19.4 Å². The van der Waals surface area contributed by atoms with Crippen LogP contribution in [0.1, 0.15) is 24.0 Å². The Balaban J connectivity index is 1.78. The summed E-state index contributed by atoms with van der Waals surface area (Å²) in [7, 11) is 2.16. The zero-order valence-electron chi connectivity index (χ0n) is 15.1. The average molecular weight is 331 g/mol. The minimum absolute atomic E-state index is 0.884. The molecule has 1 fully saturated rings. The zero-order valence-corrected chi connectivity index (χ0v) is 15.1. The number of hydrogen-bond acceptors (Lipinski definition) is 3. The minimum atomic E-state index is 0.884. The second kappa shape index (κ2) is 6.75. The van der Waals surface area contributed by atoms with Crippen LogP contribution in [0.4, 0.5) is 11.5 Å². The summed E-state index contributed by atoms with van der Waals surface area (Å²) in [6, 6.07) is 17.2. The van der Waals surface area contributed by atoms with Gasteiger partial charge in [0, 0.05) is 37.5 Å². The Morgan fingerprint density at radius 1 is 1.00 bits per heavy atom. The van der Waals surface area contributed by atoms with Crippen LogP contribution in [-0.2, 0) is 6.54 Å². The molecule has 0 amide bonds. The largest absolute Gasteiger partial charge is 0.369 e. The molecule has 2 heterocycles. The summed E-state index contributed by atoms with van der Waals surface area (Å²) in [5.41, 5.74) is 3.84. The number of fused-ring (bicyclic) bond motifs is 1. The van der Waals surface area contributed by atoms with E-state index in [9.17, 15) is 0 Å². The quantitative estimate of drug-likeness (QED) is 0.686. The summed E-state index contributed by atoms with van der Waals surface area (Å²) < 4.78 is 0. The molecule has 0 radical (unpaired) electrons. The van der Waals surface area contributed by atoms with E-state index in [0.29, 0.717) is 0 Å². The molecule has 128 valence electrons. The lowest BCUT2D eigenvalue weighted by Crippen LogP contribution is -2.21. The molecule has 3 heteroatoms. The summed E-state index contributed by atoms with van der Waals surface area (Å²) in [4.78, 5) is 9.62. The van der Waals surface area contributed by atoms with E-state index in [-0.39, 0.29) is 0 Å². The van der Waals surface area contributed by atoms with Crippen molar-refractivity contribution in [2.24, 2.45) is 0 Å². The van der Waals surface area contributed by atoms with Crippen molar-refractivity contribution in [1.82, 2.24) is 4.98 Å². The fraction of sp³-hybridized carbons (Fsp3) is 0.318. The van der Waals surface area contributed by atoms with Gasteiger partial charge in [-0.3, -0.25) is 0 Å². The SMILES string of the molecule is Cc1cccc2c(N3CCCC3)ncc(N(C)Cc3ccccc3)c12. The van der Waals surface area contributed by atoms with Gasteiger partial charge in [0.05, 0.1) is 11.9 Å². The Kier molecular flexibility index (Phi) is 4.31. The number of benzene rings is 2. The van der Waals surface area contributed by atoms with Gasteiger partial charge in [0.25, 0.3) is 0 Å². The third-order valence-electron chi connectivity index (χ3n) is 5.16. The highest BCUT2D eigenvalue weighted by atomic mass is 15.2. The van der Waals surface area contributed by atoms with E-state index < -0.39 is 0 Å². The lowest BCUT2D eigenvalue weighted by molar-refractivity contribution is 0.914. The predicted octanol–water partition coefficient (Wildman–Crippen LogP) is 4.78. The van der Waals surface area contributed by atoms with Crippen molar-refractivity contribution >= 4 is 22.3 Å². The van der Waals surface area contributed by atoms with Gasteiger partial charge >= 0.3 is 0 Å². The van der Waals surface area contributed by atoms with Gasteiger partial charge in [-0.05, 0) is 30.9 Å². The van der Waals surface area contributed by atoms with Crippen LogP contribution >= 0.6 is 0 Å². The maximum Gasteiger partial charge on any atom is 0.136 e. The van der Waals surface area contributed by atoms with E-state index in [1.807, 2.05) is 0 Å². The molecule has 1 aromatic heterocycles. The first-order valence-electron chi connectivity index (χ1n) is 9.12. The number of aryl methyl sites for hydroxylation is 1. The number of anilines is 2. The fourth-order valence-corrected chi connectivity index (χ4v) is 3.86. The van der Waals surface area contributed by atoms with Gasteiger partial charge in [0.2, 0.25) is 0 Å². The van der Waals surface area contributed by atoms with Gasteiger partial charge in [-0.1, -0.05) is 48.5 Å². The van der Waals surface area contributed by atoms with Crippen LogP contribution in [-0.4, -0.2) is 25.1 Å². The normalized spacial score (nSPS) is 14.2. The highest BCUT2D eigenvalue weighted by Gasteiger charge is 2.19. The summed E-state index contributed by atoms with van der Waals surface area (Å²) in [6.45, 7) is 5.33. The number of hydrogen-bond donors (Lipinski definition) is 0. The molecule has 0 bridgehead atoms. The molecule has 3 aromatic rings. The number of nitrogens with zero attached hydrogens (tertiary/aromatic N) is 3. The van der Waals surface area contributed by atoms with Gasteiger partial charge in [-0.2, -0.15) is 0 Å². The van der Waals surface area contributed by atoms with E-state index in [0.717, 1.165) is 25.5 Å². The maximum atomic E-state index is 4.88. The van der Waals surface area contributed by atoms with Crippen molar-refractivity contribution in [2.75, 3.05) is 29.9 Å². The highest BCUT2D eigenvalue weighted by Crippen LogP contribution is 2.35. The average Bonchev–Trinajstić information content (AvgIpc) is 3.16. The molecular weight excluding hydrogens is 306 g/mol. The van der Waals surface area contributed by atoms with E-state index in [4.69, 9.17) is 4.98 Å². The Labute approximate surface area is 149 Å². The standard InChI is InChI=1S/C22H25N3/c1-17-9-8-12-19-21(17)20(15-23-22(19)25-13-6-7-14-25)24(2)16-18-10-4-3-5-11-18/h3-5,8-12,15H,6-7,13-14,16H2,1-2H3. The molecular formula is C22H25N3. The molecule has 0 saturated carbocycles. The Hall–Kier alpha value is -2.55. The van der Waals surface area contributed by atoms with Crippen LogP contribution in [0.5, 0.6) is 0 Å². The van der Waals surface area contributed by atoms with Gasteiger partial charge in [0.1, 0.15) is 5.82 Å². The van der Waals surface area contributed by atoms with Crippen molar-refractivity contribution in [2.45, 2.75) is 26.3 Å². The molecule has 3 nitrogen and oxygen atoms in total. The molecule has 4 rings (SSSR count). The smallest absolute Gasteiger partial charge is 0.136 e. The van der Waals surface area contributed by atoms with Crippen LogP contribution < -0.4 is 9.80 Å². The summed E-state index contributed by atoms with van der Waals surface area (Å²) in [5.74, 6) is 1.15. The number of aromatic nitrogens is 1. The number of rotatable bonds is 4. The van der Waals surface area contributed by atoms with Crippen LogP contribution in [0.3, 0.4) is 0 Å². The molecule has 0 N–H and O–H groups in total. The number of pyridine rings is 1. The van der Waals surface area contributed by atoms with Crippen molar-refractivity contribution in [3.63, 3.8) is 0 Å². The van der Waals surface area contributed by atoms with Crippen LogP contribution in [0.15, 0.2) is 54.7 Å². The van der Waals surface area contributed by atoms with Crippen molar-refractivity contribution in [3.8, 4) is 0 Å². The Bertz CT molecular complexity index is 867. The van der Waals surface area contributed by atoms with Crippen molar-refractivity contribution < 1.29 is 0 Å². The maximum absolute atomic E-state index is 4.88. The fourth-order valence-electron chi connectivity index (χ4n) is 3.86. The molecule has 0 atom stereocenters. The van der Waals surface area contributed by atoms with Gasteiger partial charge in [-0.25, -0.2) is 4.98 Å². The van der Waals surface area contributed by atoms with Crippen LogP contribution in [0, 0.1) is 6.92 Å². The third kappa shape index (κ3) is 3.07. The second-order valence-electron chi connectivity index (χ2n) is 7.00. The molecule has 0 aliphatic carbocycles. The Morgan fingerprint density at radius 3 is 2.52 bits per heavy atom. The highest BCUT2D eigenvalue weighted by molar-refractivity contribution is 6.02. The van der Waals surface area contributed by atoms with E-state index in [2.05, 4.69) is 78.5 Å². The summed E-state index contributed by atoms with van der Waals surface area (Å²) >= 11 is 0. The minimum Gasteiger partial charge on any atom is -0.369 e. The molecule has 0 unspecified atom stereocenters. The molecule has 0 spiro atoms. The first-order chi connectivity index (χ1) is 12.2. The zero-order chi connectivity index (χ0) is 17.2. The van der Waals surface area contributed by atoms with E-state index in [1.165, 1.54) is 40.4 Å². The Morgan fingerprint density at radius 2 is 1.76 bits per heavy atom. The van der Waals surface area contributed by atoms with Crippen LogP contribution in [0.2, 0.25) is 0 Å². The van der Waals surface area contributed by atoms with Gasteiger partial charge in [0.15, 0.2) is 0 Å². The summed E-state index contributed by atoms with van der Waals surface area (Å²) in [6.07, 6.45) is 4.60. The van der Waals surface area contributed by atoms with Crippen molar-refractivity contribution in [3.05, 3.63) is 65.9 Å². The summed E-state index contributed by atoms with van der Waals surface area (Å²) in [5, 5.41) is 2.61. The van der Waals surface area contributed by atoms with Gasteiger partial charge < -0.3 is 9.80 Å². The second-order valence-corrected chi connectivity index (χ2v) is 7.00. The van der Waals surface area contributed by atoms with E-state index in [1.54, 1.807) is 0 Å². The van der Waals surface area contributed by atoms with Crippen molar-refractivity contribution in [1.29, 1.82) is 0 Å². The van der Waals surface area contributed by atoms with E-state index >= 15 is 0 Å². The molecule has 2 aromatic carbocycles. The van der Waals surface area contributed by atoms with Crippen LogP contribution in [0.25, 0.3) is 10.8 Å².